The van der Waals surface area contributed by atoms with Crippen molar-refractivity contribution in [2.24, 2.45) is 5.92 Å². The highest BCUT2D eigenvalue weighted by Crippen LogP contribution is 2.36. The third kappa shape index (κ3) is 8.23. The van der Waals surface area contributed by atoms with E-state index in [2.05, 4.69) is 62.1 Å². The van der Waals surface area contributed by atoms with Gasteiger partial charge in [-0.3, -0.25) is 0 Å². The zero-order chi connectivity index (χ0) is 22.4. The first-order valence-electron chi connectivity index (χ1n) is 12.8. The van der Waals surface area contributed by atoms with Gasteiger partial charge in [0.15, 0.2) is 0 Å². The molecule has 32 heavy (non-hydrogen) atoms. The summed E-state index contributed by atoms with van der Waals surface area (Å²) in [5.41, 5.74) is 4.07. The molecule has 1 aliphatic rings. The fraction of sp³-hybridized carbons (Fsp3) is 0.484. The molecule has 0 radical (unpaired) electrons. The number of aryl methyl sites for hydroxylation is 1. The molecule has 1 nitrogen and oxygen atoms in total. The highest BCUT2D eigenvalue weighted by atomic mass is 16.5. The molecule has 3 rings (SSSR count). The number of rotatable bonds is 10. The van der Waals surface area contributed by atoms with Crippen LogP contribution in [-0.2, 0) is 6.42 Å². The normalized spacial score (nSPS) is 18.3. The van der Waals surface area contributed by atoms with Crippen molar-refractivity contribution in [3.63, 3.8) is 0 Å². The van der Waals surface area contributed by atoms with Crippen LogP contribution in [0.1, 0.15) is 94.2 Å². The van der Waals surface area contributed by atoms with Crippen LogP contribution in [0, 0.1) is 17.8 Å². The molecule has 170 valence electrons. The van der Waals surface area contributed by atoms with E-state index in [0.717, 1.165) is 36.7 Å². The average molecular weight is 429 g/mol. The van der Waals surface area contributed by atoms with E-state index in [0.29, 0.717) is 5.92 Å². The Kier molecular flexibility index (Phi) is 10.5. The Labute approximate surface area is 196 Å². The summed E-state index contributed by atoms with van der Waals surface area (Å²) in [5.74, 6) is 8.80. The monoisotopic (exact) mass is 428 g/mol. The fourth-order valence-corrected chi connectivity index (χ4v) is 4.46. The lowest BCUT2D eigenvalue weighted by molar-refractivity contribution is 0.309. The molecule has 0 N–H and O–H groups in total. The maximum absolute atomic E-state index is 5.71. The van der Waals surface area contributed by atoms with E-state index in [1.54, 1.807) is 0 Å². The Hall–Kier alpha value is -2.46. The van der Waals surface area contributed by atoms with Gasteiger partial charge in [0.05, 0.1) is 6.61 Å². The van der Waals surface area contributed by atoms with Gasteiger partial charge in [0, 0.05) is 5.56 Å². The number of hydrogen-bond acceptors (Lipinski definition) is 1. The maximum Gasteiger partial charge on any atom is 0.119 e. The SMILES string of the molecule is CCCCCc1ccc(C2CCC(C=CC#Cc3ccc(OCCCC)cc3)CC2)cc1. The standard InChI is InChI=1S/C31H40O/c1-3-5-7-10-26-13-19-29(20-14-26)30-21-15-27(16-22-30)11-8-9-12-28-17-23-31(24-18-28)32-25-6-4-2/h8,11,13-14,17-20,23-24,27,30H,3-7,10,15-16,21-22,25H2,1-2H3. The van der Waals surface area contributed by atoms with Gasteiger partial charge in [-0.25, -0.2) is 0 Å². The van der Waals surface area contributed by atoms with Gasteiger partial charge < -0.3 is 4.74 Å². The Morgan fingerprint density at radius 3 is 2.25 bits per heavy atom. The van der Waals surface area contributed by atoms with Gasteiger partial charge in [-0.1, -0.05) is 75.3 Å². The Bertz CT molecular complexity index is 855. The van der Waals surface area contributed by atoms with Gasteiger partial charge in [0.25, 0.3) is 0 Å². The Morgan fingerprint density at radius 1 is 0.844 bits per heavy atom. The summed E-state index contributed by atoms with van der Waals surface area (Å²) < 4.78 is 5.71. The third-order valence-corrected chi connectivity index (χ3v) is 6.58. The van der Waals surface area contributed by atoms with Crippen LogP contribution in [-0.4, -0.2) is 6.61 Å². The second kappa shape index (κ2) is 13.8. The zero-order valence-electron chi connectivity index (χ0n) is 20.1. The summed E-state index contributed by atoms with van der Waals surface area (Å²) in [7, 11) is 0. The number of hydrogen-bond donors (Lipinski definition) is 0. The van der Waals surface area contributed by atoms with Crippen molar-refractivity contribution >= 4 is 0 Å². The van der Waals surface area contributed by atoms with Crippen molar-refractivity contribution in [1.29, 1.82) is 0 Å². The minimum Gasteiger partial charge on any atom is -0.494 e. The first-order valence-corrected chi connectivity index (χ1v) is 12.8. The third-order valence-electron chi connectivity index (χ3n) is 6.58. The molecular weight excluding hydrogens is 388 g/mol. The molecule has 0 spiro atoms. The van der Waals surface area contributed by atoms with Crippen LogP contribution >= 0.6 is 0 Å². The van der Waals surface area contributed by atoms with Gasteiger partial charge in [-0.2, -0.15) is 0 Å². The van der Waals surface area contributed by atoms with Crippen LogP contribution in [0.4, 0.5) is 0 Å². The van der Waals surface area contributed by atoms with Gasteiger partial charge >= 0.3 is 0 Å². The molecule has 0 unspecified atom stereocenters. The summed E-state index contributed by atoms with van der Waals surface area (Å²) in [6, 6.07) is 17.6. The predicted octanol–water partition coefficient (Wildman–Crippen LogP) is 8.48. The van der Waals surface area contributed by atoms with E-state index in [9.17, 15) is 0 Å². The summed E-state index contributed by atoms with van der Waals surface area (Å²) in [6.45, 7) is 5.23. The molecule has 1 fully saturated rings. The molecule has 1 saturated carbocycles. The summed E-state index contributed by atoms with van der Waals surface area (Å²) in [5, 5.41) is 0. The van der Waals surface area contributed by atoms with E-state index < -0.39 is 0 Å². The van der Waals surface area contributed by atoms with E-state index in [4.69, 9.17) is 4.74 Å². The molecule has 0 bridgehead atoms. The second-order valence-corrected chi connectivity index (χ2v) is 9.17. The van der Waals surface area contributed by atoms with E-state index in [-0.39, 0.29) is 0 Å². The molecule has 2 aromatic rings. The highest BCUT2D eigenvalue weighted by molar-refractivity contribution is 5.40. The summed E-state index contributed by atoms with van der Waals surface area (Å²) >= 11 is 0. The zero-order valence-corrected chi connectivity index (χ0v) is 20.1. The number of ether oxygens (including phenoxy) is 1. The largest absolute Gasteiger partial charge is 0.494 e. The molecule has 0 saturated heterocycles. The van der Waals surface area contributed by atoms with Crippen LogP contribution in [0.2, 0.25) is 0 Å². The average Bonchev–Trinajstić information content (AvgIpc) is 2.84. The van der Waals surface area contributed by atoms with Crippen molar-refractivity contribution in [3.05, 3.63) is 77.4 Å². The van der Waals surface area contributed by atoms with Crippen LogP contribution in [0.5, 0.6) is 5.75 Å². The maximum atomic E-state index is 5.71. The fourth-order valence-electron chi connectivity index (χ4n) is 4.46. The lowest BCUT2D eigenvalue weighted by atomic mass is 9.78. The minimum absolute atomic E-state index is 0.670. The van der Waals surface area contributed by atoms with E-state index >= 15 is 0 Å². The smallest absolute Gasteiger partial charge is 0.119 e. The summed E-state index contributed by atoms with van der Waals surface area (Å²) in [4.78, 5) is 0. The number of unbranched alkanes of at least 4 members (excludes halogenated alkanes) is 3. The van der Waals surface area contributed by atoms with Crippen LogP contribution in [0.3, 0.4) is 0 Å². The molecule has 1 heteroatoms. The minimum atomic E-state index is 0.670. The molecular formula is C31H40O. The molecule has 0 aromatic heterocycles. The topological polar surface area (TPSA) is 9.23 Å². The molecule has 0 atom stereocenters. The van der Waals surface area contributed by atoms with Crippen LogP contribution < -0.4 is 4.74 Å². The van der Waals surface area contributed by atoms with Gasteiger partial charge in [0.1, 0.15) is 5.75 Å². The van der Waals surface area contributed by atoms with Gasteiger partial charge in [0.2, 0.25) is 0 Å². The van der Waals surface area contributed by atoms with Crippen molar-refractivity contribution in [3.8, 4) is 17.6 Å². The molecule has 1 aliphatic carbocycles. The first kappa shape index (κ1) is 24.2. The van der Waals surface area contributed by atoms with Gasteiger partial charge in [-0.15, -0.1) is 0 Å². The lowest BCUT2D eigenvalue weighted by Crippen LogP contribution is -2.11. The second-order valence-electron chi connectivity index (χ2n) is 9.17. The molecule has 2 aromatic carbocycles. The van der Waals surface area contributed by atoms with Crippen molar-refractivity contribution < 1.29 is 4.74 Å². The van der Waals surface area contributed by atoms with E-state index in [1.165, 1.54) is 62.5 Å². The van der Waals surface area contributed by atoms with Gasteiger partial charge in [-0.05, 0) is 98.2 Å². The van der Waals surface area contributed by atoms with Crippen molar-refractivity contribution in [2.75, 3.05) is 6.61 Å². The lowest BCUT2D eigenvalue weighted by Gasteiger charge is -2.27. The van der Waals surface area contributed by atoms with Crippen LogP contribution in [0.15, 0.2) is 60.7 Å². The highest BCUT2D eigenvalue weighted by Gasteiger charge is 2.20. The Balaban J connectivity index is 1.40. The first-order chi connectivity index (χ1) is 15.8. The number of allylic oxidation sites excluding steroid dienone is 2. The van der Waals surface area contributed by atoms with Crippen molar-refractivity contribution in [1.82, 2.24) is 0 Å². The molecule has 0 aliphatic heterocycles. The van der Waals surface area contributed by atoms with Crippen molar-refractivity contribution in [2.45, 2.75) is 84.0 Å². The Morgan fingerprint density at radius 2 is 1.56 bits per heavy atom. The number of benzene rings is 2. The predicted molar refractivity (Wildman–Crippen MR) is 137 cm³/mol. The quantitative estimate of drug-likeness (QED) is 0.272. The molecule has 0 amide bonds. The van der Waals surface area contributed by atoms with Crippen LogP contribution in [0.25, 0.3) is 0 Å². The summed E-state index contributed by atoms with van der Waals surface area (Å²) in [6.07, 6.45) is 16.9. The molecule has 0 heterocycles. The van der Waals surface area contributed by atoms with E-state index in [1.807, 2.05) is 24.3 Å².